The van der Waals surface area contributed by atoms with Gasteiger partial charge in [0.15, 0.2) is 5.78 Å². The topological polar surface area (TPSA) is 43.4 Å². The van der Waals surface area contributed by atoms with Gasteiger partial charge in [0.2, 0.25) is 0 Å². The molecule has 7 aliphatic rings. The molecule has 0 aromatic rings. The maximum atomic E-state index is 12.3. The van der Waals surface area contributed by atoms with Crippen LogP contribution in [0, 0.1) is 45.8 Å². The van der Waals surface area contributed by atoms with Gasteiger partial charge in [-0.3, -0.25) is 9.59 Å². The second kappa shape index (κ2) is 4.62. The van der Waals surface area contributed by atoms with Gasteiger partial charge < -0.3 is 4.74 Å². The molecule has 5 saturated carbocycles. The predicted octanol–water partition coefficient (Wildman–Crippen LogP) is 4.84. The van der Waals surface area contributed by atoms with Gasteiger partial charge >= 0.3 is 5.97 Å². The maximum Gasteiger partial charge on any atom is 0.306 e. The van der Waals surface area contributed by atoms with E-state index in [4.69, 9.17) is 4.74 Å². The molecule has 6 fully saturated rings. The number of esters is 1. The summed E-state index contributed by atoms with van der Waals surface area (Å²) in [6.45, 7) is 5.01. The van der Waals surface area contributed by atoms with Crippen LogP contribution in [0.5, 0.6) is 0 Å². The summed E-state index contributed by atoms with van der Waals surface area (Å²) < 4.78 is 6.23. The molecule has 1 aliphatic heterocycles. The van der Waals surface area contributed by atoms with E-state index in [0.717, 1.165) is 42.9 Å². The smallest absolute Gasteiger partial charge is 0.306 e. The molecular weight excluding hydrogens is 348 g/mol. The number of hydrogen-bond acceptors (Lipinski definition) is 3. The lowest BCUT2D eigenvalue weighted by atomic mass is 9.43. The van der Waals surface area contributed by atoms with Gasteiger partial charge in [-0.1, -0.05) is 19.4 Å². The monoisotopic (exact) mass is 380 g/mol. The molecule has 0 radical (unpaired) electrons. The summed E-state index contributed by atoms with van der Waals surface area (Å²) in [4.78, 5) is 24.5. The molecule has 0 aromatic carbocycles. The summed E-state index contributed by atoms with van der Waals surface area (Å²) in [5.41, 5.74) is 2.18. The van der Waals surface area contributed by atoms with Crippen molar-refractivity contribution in [2.24, 2.45) is 45.8 Å². The van der Waals surface area contributed by atoms with E-state index in [-0.39, 0.29) is 22.4 Å². The number of ketones is 1. The molecule has 28 heavy (non-hydrogen) atoms. The largest absolute Gasteiger partial charge is 0.458 e. The van der Waals surface area contributed by atoms with Crippen molar-refractivity contribution in [2.75, 3.05) is 0 Å². The minimum Gasteiger partial charge on any atom is -0.458 e. The highest BCUT2D eigenvalue weighted by Crippen LogP contribution is 2.81. The third-order valence-electron chi connectivity index (χ3n) is 11.2. The van der Waals surface area contributed by atoms with Gasteiger partial charge in [-0.2, -0.15) is 0 Å². The first kappa shape index (κ1) is 16.7. The first-order chi connectivity index (χ1) is 13.3. The molecule has 150 valence electrons. The van der Waals surface area contributed by atoms with Crippen molar-refractivity contribution < 1.29 is 14.3 Å². The molecule has 2 spiro atoms. The van der Waals surface area contributed by atoms with Gasteiger partial charge in [0, 0.05) is 24.2 Å². The molecular formula is C25H32O3. The second-order valence-corrected chi connectivity index (χ2v) is 12.0. The van der Waals surface area contributed by atoms with Crippen LogP contribution < -0.4 is 0 Å². The van der Waals surface area contributed by atoms with Gasteiger partial charge in [-0.25, -0.2) is 0 Å². The number of allylic oxidation sites excluding steroid dienone is 1. The van der Waals surface area contributed by atoms with E-state index in [1.807, 2.05) is 0 Å². The van der Waals surface area contributed by atoms with Crippen molar-refractivity contribution in [3.05, 3.63) is 11.6 Å². The Hall–Kier alpha value is -1.12. The minimum atomic E-state index is -0.138. The zero-order valence-corrected chi connectivity index (χ0v) is 17.3. The Balaban J connectivity index is 1.34. The van der Waals surface area contributed by atoms with E-state index in [1.165, 1.54) is 38.5 Å². The molecule has 7 rings (SSSR count). The first-order valence-electron chi connectivity index (χ1n) is 11.8. The lowest BCUT2D eigenvalue weighted by molar-refractivity contribution is -0.178. The molecule has 4 unspecified atom stereocenters. The number of carbonyl (C=O) groups excluding carboxylic acids is 2. The van der Waals surface area contributed by atoms with Gasteiger partial charge in [-0.15, -0.1) is 0 Å². The summed E-state index contributed by atoms with van der Waals surface area (Å²) in [5, 5.41) is 0. The summed E-state index contributed by atoms with van der Waals surface area (Å²) in [6, 6.07) is 0. The number of carbonyl (C=O) groups is 2. The van der Waals surface area contributed by atoms with E-state index in [1.54, 1.807) is 5.57 Å². The molecule has 1 heterocycles. The van der Waals surface area contributed by atoms with Gasteiger partial charge in [0.25, 0.3) is 0 Å². The molecule has 0 bridgehead atoms. The van der Waals surface area contributed by atoms with Crippen molar-refractivity contribution in [1.82, 2.24) is 0 Å². The summed E-state index contributed by atoms with van der Waals surface area (Å²) in [7, 11) is 0. The third kappa shape index (κ3) is 1.64. The lowest BCUT2D eigenvalue weighted by Gasteiger charge is -2.62. The Bertz CT molecular complexity index is 852. The molecule has 0 N–H and O–H groups in total. The normalized spacial score (nSPS) is 57.2. The van der Waals surface area contributed by atoms with E-state index < -0.39 is 0 Å². The van der Waals surface area contributed by atoms with Crippen LogP contribution in [0.2, 0.25) is 0 Å². The van der Waals surface area contributed by atoms with Crippen LogP contribution in [-0.4, -0.2) is 17.4 Å². The second-order valence-electron chi connectivity index (χ2n) is 12.0. The van der Waals surface area contributed by atoms with Crippen molar-refractivity contribution in [3.63, 3.8) is 0 Å². The van der Waals surface area contributed by atoms with Crippen LogP contribution in [0.3, 0.4) is 0 Å². The van der Waals surface area contributed by atoms with Crippen LogP contribution in [0.15, 0.2) is 11.6 Å². The van der Waals surface area contributed by atoms with E-state index in [2.05, 4.69) is 19.9 Å². The number of ether oxygens (including phenoxy) is 1. The fourth-order valence-corrected chi connectivity index (χ4v) is 9.98. The summed E-state index contributed by atoms with van der Waals surface area (Å²) >= 11 is 0. The van der Waals surface area contributed by atoms with E-state index in [9.17, 15) is 9.59 Å². The minimum absolute atomic E-state index is 0.0555. The van der Waals surface area contributed by atoms with Crippen molar-refractivity contribution in [3.8, 4) is 0 Å². The Labute approximate surface area is 167 Å². The molecule has 3 heteroatoms. The fourth-order valence-electron chi connectivity index (χ4n) is 9.98. The first-order valence-corrected chi connectivity index (χ1v) is 11.8. The SMILES string of the molecule is C[C@]12CCC(=O)C=C1C1(CC1)CC1C2CC[C@@]2(C)C1[C@@H]1CC1[C@@]21CCC(=O)O1. The van der Waals surface area contributed by atoms with Gasteiger partial charge in [-0.05, 0) is 91.9 Å². The van der Waals surface area contributed by atoms with Crippen LogP contribution in [0.1, 0.15) is 78.1 Å². The highest BCUT2D eigenvalue weighted by molar-refractivity contribution is 5.92. The Kier molecular flexibility index (Phi) is 2.75. The van der Waals surface area contributed by atoms with Crippen molar-refractivity contribution >= 4 is 11.8 Å². The van der Waals surface area contributed by atoms with E-state index >= 15 is 0 Å². The van der Waals surface area contributed by atoms with Crippen LogP contribution in [0.25, 0.3) is 0 Å². The maximum absolute atomic E-state index is 12.3. The predicted molar refractivity (Wildman–Crippen MR) is 104 cm³/mol. The van der Waals surface area contributed by atoms with Gasteiger partial charge in [0.05, 0.1) is 0 Å². The Morgan fingerprint density at radius 2 is 1.79 bits per heavy atom. The van der Waals surface area contributed by atoms with Crippen LogP contribution in [-0.2, 0) is 14.3 Å². The van der Waals surface area contributed by atoms with Gasteiger partial charge in [0.1, 0.15) is 5.60 Å². The number of rotatable bonds is 0. The van der Waals surface area contributed by atoms with Crippen LogP contribution in [0.4, 0.5) is 0 Å². The van der Waals surface area contributed by atoms with E-state index in [0.29, 0.717) is 23.5 Å². The summed E-state index contributed by atoms with van der Waals surface area (Å²) in [5.74, 6) is 4.09. The summed E-state index contributed by atoms with van der Waals surface area (Å²) in [6.07, 6.45) is 13.2. The Morgan fingerprint density at radius 3 is 2.50 bits per heavy atom. The number of hydrogen-bond donors (Lipinski definition) is 0. The quantitative estimate of drug-likeness (QED) is 0.565. The molecule has 1 saturated heterocycles. The molecule has 0 amide bonds. The lowest BCUT2D eigenvalue weighted by Crippen LogP contribution is -2.58. The molecule has 8 atom stereocenters. The number of fused-ring (bicyclic) bond motifs is 10. The zero-order chi connectivity index (χ0) is 19.1. The highest BCUT2D eigenvalue weighted by atomic mass is 16.6. The highest BCUT2D eigenvalue weighted by Gasteiger charge is 2.80. The van der Waals surface area contributed by atoms with Crippen molar-refractivity contribution in [2.45, 2.75) is 83.7 Å². The molecule has 3 nitrogen and oxygen atoms in total. The Morgan fingerprint density at radius 1 is 0.964 bits per heavy atom. The third-order valence-corrected chi connectivity index (χ3v) is 11.2. The standard InChI is InChI=1S/C25H32O3/c1-22-6-3-14(26)11-19(22)24(9-10-24)13-16-17(22)4-7-23(2)21(16)15-12-18(15)25(23)8-5-20(27)28-25/h11,15-18,21H,3-10,12-13H2,1-2H3/t15-,16?,17?,18?,21?,22-,23+,25+/m1/s1. The zero-order valence-electron chi connectivity index (χ0n) is 17.3. The van der Waals surface area contributed by atoms with Crippen molar-refractivity contribution in [1.29, 1.82) is 0 Å². The molecule has 6 aliphatic carbocycles. The van der Waals surface area contributed by atoms with Crippen LogP contribution >= 0.6 is 0 Å². The average molecular weight is 381 g/mol. The average Bonchev–Trinajstić information content (AvgIpc) is 3.55. The fraction of sp³-hybridized carbons (Fsp3) is 0.840. The molecule has 0 aromatic heterocycles.